The van der Waals surface area contributed by atoms with Gasteiger partial charge in [0.2, 0.25) is 11.8 Å². The van der Waals surface area contributed by atoms with Gasteiger partial charge in [-0.2, -0.15) is 0 Å². The molecule has 1 saturated carbocycles. The predicted molar refractivity (Wildman–Crippen MR) is 97.1 cm³/mol. The van der Waals surface area contributed by atoms with E-state index >= 15 is 0 Å². The number of amides is 4. The largest absolute Gasteiger partial charge is 0.368 e. The summed E-state index contributed by atoms with van der Waals surface area (Å²) in [6, 6.07) is 3.18. The molecule has 0 spiro atoms. The lowest BCUT2D eigenvalue weighted by Gasteiger charge is -2.30. The number of primary amides is 1. The van der Waals surface area contributed by atoms with Gasteiger partial charge in [-0.25, -0.2) is 9.18 Å². The number of nitrogens with two attached hydrogens (primary N) is 1. The quantitative estimate of drug-likeness (QED) is 0.602. The SMILES string of the molecule is CCC(=O)Nc1ccc(F)c(NC(=O)NC2(C(N)=O)CCCCCC2)c1. The Bertz CT molecular complexity index is 685. The summed E-state index contributed by atoms with van der Waals surface area (Å²) in [4.78, 5) is 35.8. The molecule has 1 aliphatic carbocycles. The minimum atomic E-state index is -1.12. The molecule has 5 N–H and O–H groups in total. The summed E-state index contributed by atoms with van der Waals surface area (Å²) in [7, 11) is 0. The van der Waals surface area contributed by atoms with Crippen LogP contribution in [-0.2, 0) is 9.59 Å². The highest BCUT2D eigenvalue weighted by atomic mass is 19.1. The smallest absolute Gasteiger partial charge is 0.320 e. The molecular weight excluding hydrogens is 339 g/mol. The monoisotopic (exact) mass is 364 g/mol. The van der Waals surface area contributed by atoms with Crippen LogP contribution in [0.2, 0.25) is 0 Å². The van der Waals surface area contributed by atoms with Gasteiger partial charge >= 0.3 is 6.03 Å². The highest BCUT2D eigenvalue weighted by Gasteiger charge is 2.38. The van der Waals surface area contributed by atoms with Gasteiger partial charge in [-0.15, -0.1) is 0 Å². The number of rotatable bonds is 5. The van der Waals surface area contributed by atoms with Crippen molar-refractivity contribution < 1.29 is 18.8 Å². The third kappa shape index (κ3) is 4.93. The van der Waals surface area contributed by atoms with E-state index in [-0.39, 0.29) is 18.0 Å². The zero-order valence-electron chi connectivity index (χ0n) is 14.9. The van der Waals surface area contributed by atoms with Gasteiger partial charge < -0.3 is 21.7 Å². The molecule has 4 amide bonds. The second kappa shape index (κ2) is 8.64. The van der Waals surface area contributed by atoms with Crippen molar-refractivity contribution in [2.75, 3.05) is 10.6 Å². The van der Waals surface area contributed by atoms with Gasteiger partial charge in [0.05, 0.1) is 5.69 Å². The van der Waals surface area contributed by atoms with Gasteiger partial charge in [0.1, 0.15) is 11.4 Å². The molecule has 1 aliphatic rings. The van der Waals surface area contributed by atoms with E-state index in [4.69, 9.17) is 5.73 Å². The number of hydrogen-bond acceptors (Lipinski definition) is 3. The number of anilines is 2. The highest BCUT2D eigenvalue weighted by Crippen LogP contribution is 2.27. The number of hydrogen-bond donors (Lipinski definition) is 4. The van der Waals surface area contributed by atoms with Crippen molar-refractivity contribution >= 4 is 29.2 Å². The number of nitrogens with one attached hydrogen (secondary N) is 3. The lowest BCUT2D eigenvalue weighted by atomic mass is 9.89. The molecule has 0 unspecified atom stereocenters. The van der Waals surface area contributed by atoms with Gasteiger partial charge in [0.25, 0.3) is 0 Å². The molecule has 0 aliphatic heterocycles. The number of carbonyl (C=O) groups is 3. The first-order chi connectivity index (χ1) is 12.4. The van der Waals surface area contributed by atoms with Crippen molar-refractivity contribution in [3.8, 4) is 0 Å². The summed E-state index contributed by atoms with van der Waals surface area (Å²) in [5.41, 5.74) is 4.69. The van der Waals surface area contributed by atoms with E-state index in [1.807, 2.05) is 0 Å². The Morgan fingerprint density at radius 2 is 1.77 bits per heavy atom. The predicted octanol–water partition coefficient (Wildman–Crippen LogP) is 2.87. The molecule has 1 aromatic carbocycles. The van der Waals surface area contributed by atoms with Crippen LogP contribution in [-0.4, -0.2) is 23.4 Å². The Labute approximate surface area is 151 Å². The van der Waals surface area contributed by atoms with Crippen LogP contribution in [0.1, 0.15) is 51.9 Å². The lowest BCUT2D eigenvalue weighted by Crippen LogP contribution is -2.58. The molecule has 2 rings (SSSR count). The van der Waals surface area contributed by atoms with E-state index in [1.54, 1.807) is 6.92 Å². The van der Waals surface area contributed by atoms with Crippen LogP contribution in [0, 0.1) is 5.82 Å². The Kier molecular flexibility index (Phi) is 6.54. The molecule has 7 nitrogen and oxygen atoms in total. The Morgan fingerprint density at radius 1 is 1.12 bits per heavy atom. The highest BCUT2D eigenvalue weighted by molar-refractivity contribution is 5.96. The van der Waals surface area contributed by atoms with E-state index in [0.717, 1.165) is 31.7 Å². The molecule has 0 aromatic heterocycles. The molecule has 0 saturated heterocycles. The van der Waals surface area contributed by atoms with Crippen LogP contribution >= 0.6 is 0 Å². The first-order valence-corrected chi connectivity index (χ1v) is 8.85. The fraction of sp³-hybridized carbons (Fsp3) is 0.500. The summed E-state index contributed by atoms with van der Waals surface area (Å²) >= 11 is 0. The number of halogens is 1. The van der Waals surface area contributed by atoms with Crippen LogP contribution in [0.5, 0.6) is 0 Å². The summed E-state index contributed by atoms with van der Waals surface area (Å²) in [6.45, 7) is 1.70. The normalized spacial score (nSPS) is 16.2. The van der Waals surface area contributed by atoms with Crippen molar-refractivity contribution in [1.29, 1.82) is 0 Å². The summed E-state index contributed by atoms with van der Waals surface area (Å²) in [6.07, 6.45) is 4.74. The second-order valence-corrected chi connectivity index (χ2v) is 6.54. The second-order valence-electron chi connectivity index (χ2n) is 6.54. The standard InChI is InChI=1S/C18H25FN4O3/c1-2-15(24)21-12-7-8-13(19)14(11-12)22-17(26)23-18(16(20)25)9-5-3-4-6-10-18/h7-8,11H,2-6,9-10H2,1H3,(H2,20,25)(H,21,24)(H2,22,23,26). The number of carbonyl (C=O) groups excluding carboxylic acids is 3. The Balaban J connectivity index is 2.11. The fourth-order valence-electron chi connectivity index (χ4n) is 3.08. The third-order valence-corrected chi connectivity index (χ3v) is 4.60. The zero-order valence-corrected chi connectivity index (χ0v) is 14.9. The minimum absolute atomic E-state index is 0.0929. The first kappa shape index (κ1) is 19.7. The van der Waals surface area contributed by atoms with E-state index in [1.165, 1.54) is 12.1 Å². The molecule has 142 valence electrons. The van der Waals surface area contributed by atoms with Crippen LogP contribution in [0.15, 0.2) is 18.2 Å². The molecule has 1 fully saturated rings. The van der Waals surface area contributed by atoms with Gasteiger partial charge in [-0.05, 0) is 31.0 Å². The molecule has 8 heteroatoms. The van der Waals surface area contributed by atoms with Crippen LogP contribution < -0.4 is 21.7 Å². The van der Waals surface area contributed by atoms with Crippen molar-refractivity contribution in [3.63, 3.8) is 0 Å². The molecule has 0 bridgehead atoms. The number of urea groups is 1. The topological polar surface area (TPSA) is 113 Å². The molecule has 0 atom stereocenters. The molecule has 1 aromatic rings. The van der Waals surface area contributed by atoms with Crippen LogP contribution in [0.4, 0.5) is 20.6 Å². The van der Waals surface area contributed by atoms with Crippen molar-refractivity contribution in [1.82, 2.24) is 5.32 Å². The van der Waals surface area contributed by atoms with Crippen LogP contribution in [0.3, 0.4) is 0 Å². The average molecular weight is 364 g/mol. The average Bonchev–Trinajstić information content (AvgIpc) is 2.84. The molecule has 26 heavy (non-hydrogen) atoms. The van der Waals surface area contributed by atoms with E-state index < -0.39 is 23.3 Å². The lowest BCUT2D eigenvalue weighted by molar-refractivity contribution is -0.124. The van der Waals surface area contributed by atoms with Crippen molar-refractivity contribution in [3.05, 3.63) is 24.0 Å². The minimum Gasteiger partial charge on any atom is -0.368 e. The zero-order chi connectivity index (χ0) is 19.2. The maximum atomic E-state index is 14.0. The van der Waals surface area contributed by atoms with E-state index in [0.29, 0.717) is 18.5 Å². The summed E-state index contributed by atoms with van der Waals surface area (Å²) in [5.74, 6) is -1.46. The Morgan fingerprint density at radius 3 is 2.35 bits per heavy atom. The maximum absolute atomic E-state index is 14.0. The van der Waals surface area contributed by atoms with Crippen molar-refractivity contribution in [2.24, 2.45) is 5.73 Å². The van der Waals surface area contributed by atoms with Gasteiger partial charge in [-0.3, -0.25) is 9.59 Å². The summed E-state index contributed by atoms with van der Waals surface area (Å²) in [5, 5.41) is 7.64. The van der Waals surface area contributed by atoms with Crippen LogP contribution in [0.25, 0.3) is 0 Å². The van der Waals surface area contributed by atoms with Gasteiger partial charge in [-0.1, -0.05) is 32.6 Å². The number of benzene rings is 1. The van der Waals surface area contributed by atoms with Gasteiger partial charge in [0.15, 0.2) is 0 Å². The Hall–Kier alpha value is -2.64. The molecule has 0 radical (unpaired) electrons. The van der Waals surface area contributed by atoms with Crippen molar-refractivity contribution in [2.45, 2.75) is 57.4 Å². The van der Waals surface area contributed by atoms with E-state index in [2.05, 4.69) is 16.0 Å². The summed E-state index contributed by atoms with van der Waals surface area (Å²) < 4.78 is 14.0. The fourth-order valence-corrected chi connectivity index (χ4v) is 3.08. The third-order valence-electron chi connectivity index (χ3n) is 4.60. The maximum Gasteiger partial charge on any atom is 0.320 e. The molecular formula is C18H25FN4O3. The molecule has 0 heterocycles. The van der Waals surface area contributed by atoms with E-state index in [9.17, 15) is 18.8 Å². The van der Waals surface area contributed by atoms with Gasteiger partial charge in [0, 0.05) is 12.1 Å². The first-order valence-electron chi connectivity index (χ1n) is 8.85.